The molecule has 0 spiro atoms. The number of methoxy groups -OCH3 is 2. The van der Waals surface area contributed by atoms with E-state index in [9.17, 15) is 4.79 Å². The molecule has 0 unspecified atom stereocenters. The summed E-state index contributed by atoms with van der Waals surface area (Å²) < 4.78 is 11.8. The van der Waals surface area contributed by atoms with Crippen LogP contribution in [0, 0.1) is 6.92 Å². The number of amides is 1. The highest BCUT2D eigenvalue weighted by atomic mass is 79.9. The lowest BCUT2D eigenvalue weighted by Gasteiger charge is -2.15. The van der Waals surface area contributed by atoms with Gasteiger partial charge in [-0.3, -0.25) is 4.79 Å². The lowest BCUT2D eigenvalue weighted by atomic mass is 9.94. The fourth-order valence-corrected chi connectivity index (χ4v) is 3.93. The summed E-state index contributed by atoms with van der Waals surface area (Å²) in [5.41, 5.74) is 4.44. The number of carbonyl (C=O) groups is 1. The standard InChI is InChI=1S/C26H22BrNO3/c1-16-8-10-17(11-9-16)20-13-19(26(29)28-23-7-5-4-6-22(23)27)12-18-14-24(30-2)25(31-3)15-21(18)20/h4-15H,1-3H3,(H,28,29). The van der Waals surface area contributed by atoms with E-state index in [0.717, 1.165) is 32.1 Å². The van der Waals surface area contributed by atoms with E-state index in [0.29, 0.717) is 17.1 Å². The first-order chi connectivity index (χ1) is 15.0. The van der Waals surface area contributed by atoms with Crippen LogP contribution in [0.2, 0.25) is 0 Å². The molecule has 4 nitrogen and oxygen atoms in total. The number of hydrogen-bond acceptors (Lipinski definition) is 3. The van der Waals surface area contributed by atoms with Crippen molar-refractivity contribution in [1.82, 2.24) is 0 Å². The summed E-state index contributed by atoms with van der Waals surface area (Å²) in [6, 6.07) is 23.5. The number of hydrogen-bond donors (Lipinski definition) is 1. The van der Waals surface area contributed by atoms with Gasteiger partial charge in [-0.05, 0) is 81.2 Å². The summed E-state index contributed by atoms with van der Waals surface area (Å²) >= 11 is 3.48. The molecule has 0 atom stereocenters. The molecule has 0 aliphatic carbocycles. The lowest BCUT2D eigenvalue weighted by Crippen LogP contribution is -2.12. The zero-order valence-electron chi connectivity index (χ0n) is 17.5. The number of rotatable bonds is 5. The van der Waals surface area contributed by atoms with E-state index in [4.69, 9.17) is 9.47 Å². The molecule has 0 aliphatic rings. The molecule has 0 heterocycles. The van der Waals surface area contributed by atoms with Crippen LogP contribution in [0.1, 0.15) is 15.9 Å². The number of nitrogens with one attached hydrogen (secondary N) is 1. The Balaban J connectivity index is 1.89. The monoisotopic (exact) mass is 475 g/mol. The molecule has 0 fully saturated rings. The SMILES string of the molecule is COc1cc2cc(C(=O)Nc3ccccc3Br)cc(-c3ccc(C)cc3)c2cc1OC. The topological polar surface area (TPSA) is 47.6 Å². The van der Waals surface area contributed by atoms with Gasteiger partial charge in [0, 0.05) is 10.0 Å². The van der Waals surface area contributed by atoms with Crippen molar-refractivity contribution in [2.24, 2.45) is 0 Å². The van der Waals surface area contributed by atoms with Gasteiger partial charge in [0.15, 0.2) is 11.5 Å². The zero-order chi connectivity index (χ0) is 22.0. The first-order valence-corrected chi connectivity index (χ1v) is 10.6. The summed E-state index contributed by atoms with van der Waals surface area (Å²) in [6.45, 7) is 2.05. The van der Waals surface area contributed by atoms with Gasteiger partial charge in [-0.25, -0.2) is 0 Å². The highest BCUT2D eigenvalue weighted by Crippen LogP contribution is 2.38. The van der Waals surface area contributed by atoms with Gasteiger partial charge in [0.05, 0.1) is 19.9 Å². The predicted octanol–water partition coefficient (Wildman–Crippen LogP) is 6.85. The van der Waals surface area contributed by atoms with Crippen LogP contribution >= 0.6 is 15.9 Å². The molecular weight excluding hydrogens is 454 g/mol. The number of aryl methyl sites for hydroxylation is 1. The van der Waals surface area contributed by atoms with E-state index in [2.05, 4.69) is 52.4 Å². The maximum Gasteiger partial charge on any atom is 0.255 e. The Morgan fingerprint density at radius 3 is 2.23 bits per heavy atom. The average molecular weight is 476 g/mol. The van der Waals surface area contributed by atoms with Crippen LogP contribution in [-0.4, -0.2) is 20.1 Å². The number of anilines is 1. The van der Waals surface area contributed by atoms with Crippen LogP contribution in [0.25, 0.3) is 21.9 Å². The number of ether oxygens (including phenoxy) is 2. The van der Waals surface area contributed by atoms with Crippen LogP contribution in [0.5, 0.6) is 11.5 Å². The smallest absolute Gasteiger partial charge is 0.255 e. The minimum absolute atomic E-state index is 0.183. The van der Waals surface area contributed by atoms with Gasteiger partial charge >= 0.3 is 0 Å². The number of halogens is 1. The third-order valence-electron chi connectivity index (χ3n) is 5.20. The molecule has 0 saturated carbocycles. The predicted molar refractivity (Wildman–Crippen MR) is 129 cm³/mol. The summed E-state index contributed by atoms with van der Waals surface area (Å²) in [6.07, 6.45) is 0. The largest absolute Gasteiger partial charge is 0.493 e. The number of carbonyl (C=O) groups excluding carboxylic acids is 1. The van der Waals surface area contributed by atoms with E-state index in [1.165, 1.54) is 5.56 Å². The third-order valence-corrected chi connectivity index (χ3v) is 5.90. The molecule has 0 bridgehead atoms. The van der Waals surface area contributed by atoms with Gasteiger partial charge in [0.25, 0.3) is 5.91 Å². The zero-order valence-corrected chi connectivity index (χ0v) is 19.1. The van der Waals surface area contributed by atoms with Crippen LogP contribution in [-0.2, 0) is 0 Å². The van der Waals surface area contributed by atoms with Crippen LogP contribution in [0.4, 0.5) is 5.69 Å². The molecule has 1 amide bonds. The summed E-state index contributed by atoms with van der Waals surface area (Å²) in [7, 11) is 3.23. The van der Waals surface area contributed by atoms with Crippen molar-refractivity contribution < 1.29 is 14.3 Å². The second-order valence-electron chi connectivity index (χ2n) is 7.25. The quantitative estimate of drug-likeness (QED) is 0.343. The van der Waals surface area contributed by atoms with Crippen molar-refractivity contribution in [3.8, 4) is 22.6 Å². The Morgan fingerprint density at radius 1 is 0.871 bits per heavy atom. The Labute approximate surface area is 189 Å². The van der Waals surface area contributed by atoms with Crippen LogP contribution in [0.3, 0.4) is 0 Å². The Bertz CT molecular complexity index is 1270. The summed E-state index contributed by atoms with van der Waals surface area (Å²) in [4.78, 5) is 13.1. The van der Waals surface area contributed by atoms with Crippen molar-refractivity contribution in [3.63, 3.8) is 0 Å². The molecule has 156 valence electrons. The maximum absolute atomic E-state index is 13.1. The number of benzene rings is 4. The van der Waals surface area contributed by atoms with Crippen LogP contribution < -0.4 is 14.8 Å². The van der Waals surface area contributed by atoms with E-state index in [-0.39, 0.29) is 5.91 Å². The van der Waals surface area contributed by atoms with Gasteiger partial charge in [0.1, 0.15) is 0 Å². The van der Waals surface area contributed by atoms with E-state index in [1.54, 1.807) is 14.2 Å². The van der Waals surface area contributed by atoms with E-state index >= 15 is 0 Å². The Hall–Kier alpha value is -3.31. The fraction of sp³-hybridized carbons (Fsp3) is 0.115. The fourth-order valence-electron chi connectivity index (χ4n) is 3.55. The van der Waals surface area contributed by atoms with Crippen molar-refractivity contribution in [3.05, 3.63) is 88.4 Å². The first-order valence-electron chi connectivity index (χ1n) is 9.83. The molecule has 1 N–H and O–H groups in total. The Morgan fingerprint density at radius 2 is 1.55 bits per heavy atom. The normalized spacial score (nSPS) is 10.7. The van der Waals surface area contributed by atoms with Crippen molar-refractivity contribution in [2.75, 3.05) is 19.5 Å². The maximum atomic E-state index is 13.1. The molecule has 0 saturated heterocycles. The lowest BCUT2D eigenvalue weighted by molar-refractivity contribution is 0.102. The van der Waals surface area contributed by atoms with Gasteiger partial charge in [-0.1, -0.05) is 42.0 Å². The average Bonchev–Trinajstić information content (AvgIpc) is 2.79. The highest BCUT2D eigenvalue weighted by Gasteiger charge is 2.16. The second kappa shape index (κ2) is 8.82. The molecule has 0 aromatic heterocycles. The minimum Gasteiger partial charge on any atom is -0.493 e. The molecule has 0 aliphatic heterocycles. The van der Waals surface area contributed by atoms with Gasteiger partial charge in [-0.2, -0.15) is 0 Å². The molecule has 4 aromatic carbocycles. The molecule has 4 aromatic rings. The van der Waals surface area contributed by atoms with Crippen molar-refractivity contribution in [1.29, 1.82) is 0 Å². The molecule has 4 rings (SSSR count). The van der Waals surface area contributed by atoms with Crippen molar-refractivity contribution in [2.45, 2.75) is 6.92 Å². The van der Waals surface area contributed by atoms with Gasteiger partial charge in [0.2, 0.25) is 0 Å². The first kappa shape index (κ1) is 20.9. The Kier molecular flexibility index (Phi) is 5.96. The molecule has 0 radical (unpaired) electrons. The number of fused-ring (bicyclic) bond motifs is 1. The van der Waals surface area contributed by atoms with Crippen molar-refractivity contribution >= 4 is 38.3 Å². The molecule has 5 heteroatoms. The molecule has 31 heavy (non-hydrogen) atoms. The minimum atomic E-state index is -0.183. The third kappa shape index (κ3) is 4.28. The van der Waals surface area contributed by atoms with Gasteiger partial charge < -0.3 is 14.8 Å². The van der Waals surface area contributed by atoms with Gasteiger partial charge in [-0.15, -0.1) is 0 Å². The highest BCUT2D eigenvalue weighted by molar-refractivity contribution is 9.10. The van der Waals surface area contributed by atoms with E-state index < -0.39 is 0 Å². The number of para-hydroxylation sites is 1. The van der Waals surface area contributed by atoms with Crippen LogP contribution in [0.15, 0.2) is 77.3 Å². The summed E-state index contributed by atoms with van der Waals surface area (Å²) in [5.74, 6) is 1.08. The molecular formula is C26H22BrNO3. The second-order valence-corrected chi connectivity index (χ2v) is 8.11. The van der Waals surface area contributed by atoms with E-state index in [1.807, 2.05) is 48.5 Å². The summed E-state index contributed by atoms with van der Waals surface area (Å²) in [5, 5.41) is 4.87.